The van der Waals surface area contributed by atoms with Crippen LogP contribution < -0.4 is 16.8 Å². The topological polar surface area (TPSA) is 111 Å². The largest absolute Gasteiger partial charge is 0.369 e. The van der Waals surface area contributed by atoms with Gasteiger partial charge in [-0.05, 0) is 85.3 Å². The lowest BCUT2D eigenvalue weighted by Gasteiger charge is -2.48. The average Bonchev–Trinajstić information content (AvgIpc) is 3.05. The van der Waals surface area contributed by atoms with Gasteiger partial charge in [0, 0.05) is 0 Å². The Hall–Kier alpha value is -0.990. The molecule has 6 nitrogen and oxygen atoms in total. The van der Waals surface area contributed by atoms with Crippen molar-refractivity contribution in [1.29, 1.82) is 0 Å². The number of primary amides is 2. The van der Waals surface area contributed by atoms with Crippen LogP contribution in [0.4, 0.5) is 0 Å². The van der Waals surface area contributed by atoms with Gasteiger partial charge >= 0.3 is 0 Å². The van der Waals surface area contributed by atoms with Gasteiger partial charge in [0.1, 0.15) is 10.4 Å². The Morgan fingerprint density at radius 2 is 2.00 bits per heavy atom. The van der Waals surface area contributed by atoms with Crippen LogP contribution in [-0.2, 0) is 15.0 Å². The molecule has 1 heterocycles. The summed E-state index contributed by atoms with van der Waals surface area (Å²) in [6.07, 6.45) is 7.05. The first-order chi connectivity index (χ1) is 12.4. The molecule has 1 aromatic heterocycles. The van der Waals surface area contributed by atoms with Crippen LogP contribution in [0, 0.1) is 22.7 Å². The second-order valence-corrected chi connectivity index (χ2v) is 10.5. The van der Waals surface area contributed by atoms with Gasteiger partial charge in [0.15, 0.2) is 0 Å². The van der Waals surface area contributed by atoms with Gasteiger partial charge in [-0.25, -0.2) is 4.98 Å². The third-order valence-electron chi connectivity index (χ3n) is 7.42. The van der Waals surface area contributed by atoms with E-state index in [4.69, 9.17) is 11.5 Å². The summed E-state index contributed by atoms with van der Waals surface area (Å²) in [4.78, 5) is 30.8. The normalized spacial score (nSPS) is 36.5. The molecule has 3 saturated carbocycles. The molecule has 0 unspecified atom stereocenters. The number of nitrogens with one attached hydrogen (secondary N) is 1. The number of halogens is 1. The molecule has 4 rings (SSSR count). The zero-order chi connectivity index (χ0) is 18.7. The highest BCUT2D eigenvalue weighted by atomic mass is 79.9. The predicted molar refractivity (Wildman–Crippen MR) is 103 cm³/mol. The standard InChI is InChI=1S/C18H25BrN4O2S/c1-22-8-2-5-17(13(20)24)10-3-4-11(16(10)6-7-16)18(17,14(21)25)15-23-9-12(19)26-15/h9-11,22H,2-8H2,1H3,(H2,20,24)(H2,21,25)/t10-,11+,17+,18-/m1/s1. The Morgan fingerprint density at radius 1 is 1.31 bits per heavy atom. The lowest BCUT2D eigenvalue weighted by atomic mass is 9.53. The smallest absolute Gasteiger partial charge is 0.231 e. The summed E-state index contributed by atoms with van der Waals surface area (Å²) in [5, 5.41) is 3.81. The first-order valence-electron chi connectivity index (χ1n) is 9.24. The number of amides is 2. The van der Waals surface area contributed by atoms with Crippen molar-refractivity contribution in [2.24, 2.45) is 34.1 Å². The molecular formula is C18H25BrN4O2S. The van der Waals surface area contributed by atoms with Crippen LogP contribution in [0.25, 0.3) is 0 Å². The molecule has 2 bridgehead atoms. The summed E-state index contributed by atoms with van der Waals surface area (Å²) in [6.45, 7) is 0.774. The lowest BCUT2D eigenvalue weighted by Crippen LogP contribution is -2.63. The van der Waals surface area contributed by atoms with Gasteiger partial charge in [-0.15, -0.1) is 11.3 Å². The van der Waals surface area contributed by atoms with Crippen LogP contribution in [0.15, 0.2) is 9.98 Å². The third-order valence-corrected chi connectivity index (χ3v) is 9.03. The van der Waals surface area contributed by atoms with E-state index >= 15 is 0 Å². The number of nitrogens with two attached hydrogens (primary N) is 2. The van der Waals surface area contributed by atoms with E-state index in [0.29, 0.717) is 11.4 Å². The number of thiazole rings is 1. The zero-order valence-electron chi connectivity index (χ0n) is 14.9. The third kappa shape index (κ3) is 1.98. The van der Waals surface area contributed by atoms with Gasteiger partial charge in [0.2, 0.25) is 11.8 Å². The Morgan fingerprint density at radius 3 is 2.50 bits per heavy atom. The van der Waals surface area contributed by atoms with Crippen molar-refractivity contribution in [3.8, 4) is 0 Å². The predicted octanol–water partition coefficient (Wildman–Crippen LogP) is 1.92. The van der Waals surface area contributed by atoms with Crippen LogP contribution in [0.5, 0.6) is 0 Å². The fourth-order valence-corrected chi connectivity index (χ4v) is 8.18. The maximum absolute atomic E-state index is 13.1. The SMILES string of the molecule is CNCCC[C@@]1(C(N)=O)[C@@H]2CC[C@@H](C23CC3)[C@@]1(C(N)=O)c1ncc(Br)s1. The highest BCUT2D eigenvalue weighted by Gasteiger charge is 2.84. The van der Waals surface area contributed by atoms with Crippen LogP contribution in [-0.4, -0.2) is 30.4 Å². The minimum Gasteiger partial charge on any atom is -0.369 e. The van der Waals surface area contributed by atoms with Gasteiger partial charge in [0.05, 0.1) is 15.4 Å². The summed E-state index contributed by atoms with van der Waals surface area (Å²) < 4.78 is 0.842. The molecule has 8 heteroatoms. The maximum atomic E-state index is 13.1. The van der Waals surface area contributed by atoms with Crippen molar-refractivity contribution in [3.05, 3.63) is 15.0 Å². The quantitative estimate of drug-likeness (QED) is 0.562. The van der Waals surface area contributed by atoms with Crippen molar-refractivity contribution in [2.45, 2.75) is 43.9 Å². The second-order valence-electron chi connectivity index (χ2n) is 8.10. The molecule has 5 N–H and O–H groups in total. The number of rotatable bonds is 7. The average molecular weight is 441 g/mol. The van der Waals surface area contributed by atoms with Crippen LogP contribution in [0.1, 0.15) is 43.5 Å². The minimum absolute atomic E-state index is 0.0435. The number of hydrogen-bond donors (Lipinski definition) is 3. The fraction of sp³-hybridized carbons (Fsp3) is 0.722. The van der Waals surface area contributed by atoms with E-state index in [1.54, 1.807) is 6.20 Å². The number of hydrogen-bond acceptors (Lipinski definition) is 5. The van der Waals surface area contributed by atoms with Crippen LogP contribution in [0.3, 0.4) is 0 Å². The van der Waals surface area contributed by atoms with Gasteiger partial charge in [0.25, 0.3) is 0 Å². The molecule has 1 aromatic rings. The summed E-state index contributed by atoms with van der Waals surface area (Å²) in [5.41, 5.74) is 10.2. The molecular weight excluding hydrogens is 416 g/mol. The van der Waals surface area contributed by atoms with E-state index in [1.807, 2.05) is 7.05 Å². The first kappa shape index (κ1) is 18.4. The molecule has 1 spiro atoms. The molecule has 26 heavy (non-hydrogen) atoms. The molecule has 0 radical (unpaired) electrons. The Labute approximate surface area is 165 Å². The zero-order valence-corrected chi connectivity index (χ0v) is 17.3. The summed E-state index contributed by atoms with van der Waals surface area (Å²) in [6, 6.07) is 0. The van der Waals surface area contributed by atoms with E-state index < -0.39 is 16.7 Å². The van der Waals surface area contributed by atoms with Gasteiger partial charge in [-0.1, -0.05) is 0 Å². The monoisotopic (exact) mass is 440 g/mol. The van der Waals surface area contributed by atoms with Crippen LogP contribution >= 0.6 is 27.3 Å². The van der Waals surface area contributed by atoms with Crippen molar-refractivity contribution in [2.75, 3.05) is 13.6 Å². The highest BCUT2D eigenvalue weighted by Crippen LogP contribution is 2.83. The number of aromatic nitrogens is 1. The first-order valence-corrected chi connectivity index (χ1v) is 10.8. The van der Waals surface area contributed by atoms with Gasteiger partial charge in [-0.2, -0.15) is 0 Å². The molecule has 0 aromatic carbocycles. The molecule has 3 aliphatic rings. The summed E-state index contributed by atoms with van der Waals surface area (Å²) in [7, 11) is 1.89. The van der Waals surface area contributed by atoms with E-state index in [0.717, 1.165) is 42.4 Å². The van der Waals surface area contributed by atoms with Crippen molar-refractivity contribution >= 4 is 39.1 Å². The van der Waals surface area contributed by atoms with Crippen molar-refractivity contribution in [1.82, 2.24) is 10.3 Å². The lowest BCUT2D eigenvalue weighted by molar-refractivity contribution is -0.147. The minimum atomic E-state index is -1.08. The number of nitrogens with zero attached hydrogens (tertiary/aromatic N) is 1. The summed E-state index contributed by atoms with van der Waals surface area (Å²) >= 11 is 4.89. The Balaban J connectivity index is 1.96. The highest BCUT2D eigenvalue weighted by molar-refractivity contribution is 9.11. The number of carbonyl (C=O) groups excluding carboxylic acids is 2. The number of carbonyl (C=O) groups is 2. The van der Waals surface area contributed by atoms with Crippen molar-refractivity contribution < 1.29 is 9.59 Å². The fourth-order valence-electron chi connectivity index (χ4n) is 6.64. The van der Waals surface area contributed by atoms with Gasteiger partial charge in [-0.3, -0.25) is 9.59 Å². The molecule has 4 atom stereocenters. The van der Waals surface area contributed by atoms with E-state index in [9.17, 15) is 9.59 Å². The summed E-state index contributed by atoms with van der Waals surface area (Å²) in [5.74, 6) is -0.611. The molecule has 3 fully saturated rings. The van der Waals surface area contributed by atoms with Crippen LogP contribution in [0.2, 0.25) is 0 Å². The van der Waals surface area contributed by atoms with Gasteiger partial charge < -0.3 is 16.8 Å². The second kappa shape index (κ2) is 6.01. The molecule has 3 aliphatic carbocycles. The van der Waals surface area contributed by atoms with Crippen molar-refractivity contribution in [3.63, 3.8) is 0 Å². The van der Waals surface area contributed by atoms with E-state index in [2.05, 4.69) is 26.2 Å². The maximum Gasteiger partial charge on any atom is 0.231 e. The molecule has 0 saturated heterocycles. The Kier molecular flexibility index (Phi) is 4.24. The Bertz CT molecular complexity index is 764. The molecule has 142 valence electrons. The molecule has 0 aliphatic heterocycles. The van der Waals surface area contributed by atoms with E-state index in [1.165, 1.54) is 11.3 Å². The van der Waals surface area contributed by atoms with E-state index in [-0.39, 0.29) is 23.2 Å². The molecule has 2 amide bonds.